The zero-order valence-electron chi connectivity index (χ0n) is 25.8. The summed E-state index contributed by atoms with van der Waals surface area (Å²) in [5, 5.41) is 12.6. The number of nitrogens with one attached hydrogen (secondary N) is 2. The Kier molecular flexibility index (Phi) is 10.1. The predicted octanol–water partition coefficient (Wildman–Crippen LogP) is 6.54. The lowest BCUT2D eigenvalue weighted by molar-refractivity contribution is -0.147. The lowest BCUT2D eigenvalue weighted by Gasteiger charge is -2.27. The third-order valence-electron chi connectivity index (χ3n) is 7.49. The maximum absolute atomic E-state index is 13.4. The van der Waals surface area contributed by atoms with Crippen LogP contribution in [0.1, 0.15) is 115 Å². The monoisotopic (exact) mass is 605 g/mol. The number of aliphatic carboxylic acids is 1. The first kappa shape index (κ1) is 33.2. The van der Waals surface area contributed by atoms with Crippen LogP contribution in [-0.2, 0) is 26.7 Å². The van der Waals surface area contributed by atoms with E-state index < -0.39 is 32.4 Å². The Morgan fingerprint density at radius 1 is 1.02 bits per heavy atom. The van der Waals surface area contributed by atoms with Crippen LogP contribution in [0.25, 0.3) is 10.4 Å². The van der Waals surface area contributed by atoms with E-state index in [0.717, 1.165) is 35.4 Å². The maximum atomic E-state index is 13.4. The van der Waals surface area contributed by atoms with Gasteiger partial charge in [0, 0.05) is 12.1 Å². The number of carboxylic acids is 1. The van der Waals surface area contributed by atoms with E-state index in [4.69, 9.17) is 4.98 Å². The van der Waals surface area contributed by atoms with Gasteiger partial charge in [0.1, 0.15) is 0 Å². The standard InChI is InChI=1S/C31H47N3O5S2/c1-29(2,3)22-19-21(14-15-24(22)41(38,39)34-30(4,5)6)25-23(18-20-12-10-9-11-13-20)33-27(40-25)26(35)32-17-16-31(7,8)28(36)37/h14-15,19-20,34H,9-13,16-18H2,1-8H3,(H,32,35)(H,36,37). The number of hydrogen-bond donors (Lipinski definition) is 3. The molecule has 228 valence electrons. The van der Waals surface area contributed by atoms with Crippen LogP contribution < -0.4 is 10.0 Å². The highest BCUT2D eigenvalue weighted by Crippen LogP contribution is 2.39. The quantitative estimate of drug-likeness (QED) is 0.282. The number of aromatic nitrogens is 1. The van der Waals surface area contributed by atoms with Crippen molar-refractivity contribution in [2.75, 3.05) is 6.54 Å². The molecule has 3 rings (SSSR count). The maximum Gasteiger partial charge on any atom is 0.309 e. The van der Waals surface area contributed by atoms with Gasteiger partial charge in [0.05, 0.1) is 20.9 Å². The number of benzene rings is 1. The van der Waals surface area contributed by atoms with Gasteiger partial charge in [0.15, 0.2) is 5.01 Å². The van der Waals surface area contributed by atoms with Crippen molar-refractivity contribution in [3.05, 3.63) is 34.5 Å². The molecule has 1 aliphatic carbocycles. The summed E-state index contributed by atoms with van der Waals surface area (Å²) in [7, 11) is -3.77. The van der Waals surface area contributed by atoms with E-state index in [2.05, 4.69) is 10.0 Å². The van der Waals surface area contributed by atoms with Crippen molar-refractivity contribution in [3.8, 4) is 10.4 Å². The lowest BCUT2D eigenvalue weighted by atomic mass is 9.84. The van der Waals surface area contributed by atoms with Crippen molar-refractivity contribution >= 4 is 33.2 Å². The van der Waals surface area contributed by atoms with Gasteiger partial charge in [0.25, 0.3) is 5.91 Å². The van der Waals surface area contributed by atoms with Crippen molar-refractivity contribution in [1.29, 1.82) is 0 Å². The molecule has 0 bridgehead atoms. The summed E-state index contributed by atoms with van der Waals surface area (Å²) < 4.78 is 29.6. The minimum absolute atomic E-state index is 0.229. The Labute approximate surface area is 249 Å². The number of rotatable bonds is 10. The van der Waals surface area contributed by atoms with Crippen molar-refractivity contribution in [2.24, 2.45) is 11.3 Å². The van der Waals surface area contributed by atoms with Gasteiger partial charge in [-0.1, -0.05) is 58.9 Å². The number of thiazole rings is 1. The highest BCUT2D eigenvalue weighted by atomic mass is 32.2. The van der Waals surface area contributed by atoms with Crippen molar-refractivity contribution in [3.63, 3.8) is 0 Å². The molecule has 0 atom stereocenters. The predicted molar refractivity (Wildman–Crippen MR) is 165 cm³/mol. The second kappa shape index (κ2) is 12.5. The highest BCUT2D eigenvalue weighted by molar-refractivity contribution is 7.89. The topological polar surface area (TPSA) is 125 Å². The zero-order valence-corrected chi connectivity index (χ0v) is 27.4. The molecule has 1 aromatic carbocycles. The summed E-state index contributed by atoms with van der Waals surface area (Å²) in [5.74, 6) is -0.734. The van der Waals surface area contributed by atoms with Gasteiger partial charge in [-0.15, -0.1) is 11.3 Å². The number of carbonyl (C=O) groups is 2. The third-order valence-corrected chi connectivity index (χ3v) is 10.5. The molecular weight excluding hydrogens is 558 g/mol. The van der Waals surface area contributed by atoms with E-state index in [1.165, 1.54) is 30.6 Å². The smallest absolute Gasteiger partial charge is 0.309 e. The van der Waals surface area contributed by atoms with Crippen LogP contribution in [-0.4, -0.2) is 42.5 Å². The Balaban J connectivity index is 2.02. The first-order chi connectivity index (χ1) is 18.8. The van der Waals surface area contributed by atoms with Crippen LogP contribution in [0.2, 0.25) is 0 Å². The van der Waals surface area contributed by atoms with Crippen LogP contribution in [0, 0.1) is 11.3 Å². The molecule has 2 aromatic rings. The normalized spacial score (nSPS) is 15.6. The number of carbonyl (C=O) groups excluding carboxylic acids is 1. The number of amides is 1. The van der Waals surface area contributed by atoms with Gasteiger partial charge in [0.2, 0.25) is 10.0 Å². The lowest BCUT2D eigenvalue weighted by Crippen LogP contribution is -2.41. The fourth-order valence-corrected chi connectivity index (χ4v) is 7.92. The molecule has 0 spiro atoms. The van der Waals surface area contributed by atoms with Crippen LogP contribution in [0.3, 0.4) is 0 Å². The second-order valence-corrected chi connectivity index (χ2v) is 16.7. The number of nitrogens with zero attached hydrogens (tertiary/aromatic N) is 1. The Bertz CT molecular complexity index is 1360. The molecule has 1 saturated carbocycles. The van der Waals surface area contributed by atoms with E-state index >= 15 is 0 Å². The summed E-state index contributed by atoms with van der Waals surface area (Å²) in [6.45, 7) is 14.9. The third kappa shape index (κ3) is 8.85. The van der Waals surface area contributed by atoms with Gasteiger partial charge in [-0.2, -0.15) is 0 Å². The molecule has 0 unspecified atom stereocenters. The molecule has 1 amide bonds. The molecule has 1 fully saturated rings. The van der Waals surface area contributed by atoms with Gasteiger partial charge in [-0.25, -0.2) is 18.1 Å². The van der Waals surface area contributed by atoms with Crippen molar-refractivity contribution < 1.29 is 23.1 Å². The minimum atomic E-state index is -3.77. The first-order valence-electron chi connectivity index (χ1n) is 14.5. The molecular formula is C31H47N3O5S2. The fraction of sp³-hybridized carbons (Fsp3) is 0.645. The fourth-order valence-electron chi connectivity index (χ4n) is 5.10. The Hall–Kier alpha value is -2.30. The average Bonchev–Trinajstić information content (AvgIpc) is 3.26. The van der Waals surface area contributed by atoms with Crippen LogP contribution in [0.4, 0.5) is 0 Å². The van der Waals surface area contributed by atoms with Gasteiger partial charge in [-0.05, 0) is 82.1 Å². The van der Waals surface area contributed by atoms with Crippen LogP contribution >= 0.6 is 11.3 Å². The number of hydrogen-bond acceptors (Lipinski definition) is 6. The van der Waals surface area contributed by atoms with Crippen LogP contribution in [0.15, 0.2) is 23.1 Å². The molecule has 3 N–H and O–H groups in total. The molecule has 1 aliphatic rings. The average molecular weight is 606 g/mol. The largest absolute Gasteiger partial charge is 0.481 e. The number of sulfonamides is 1. The van der Waals surface area contributed by atoms with Gasteiger partial charge < -0.3 is 10.4 Å². The first-order valence-corrected chi connectivity index (χ1v) is 16.8. The molecule has 0 radical (unpaired) electrons. The molecule has 10 heteroatoms. The Morgan fingerprint density at radius 2 is 1.66 bits per heavy atom. The van der Waals surface area contributed by atoms with E-state index in [0.29, 0.717) is 22.9 Å². The Morgan fingerprint density at radius 3 is 2.22 bits per heavy atom. The van der Waals surface area contributed by atoms with E-state index in [-0.39, 0.29) is 17.3 Å². The summed E-state index contributed by atoms with van der Waals surface area (Å²) in [5.41, 5.74) is 0.384. The molecule has 1 heterocycles. The molecule has 41 heavy (non-hydrogen) atoms. The van der Waals surface area contributed by atoms with Gasteiger partial charge >= 0.3 is 5.97 Å². The SMILES string of the molecule is CC(C)(C)NS(=O)(=O)c1ccc(-c2sc(C(=O)NCCC(C)(C)C(=O)O)nc2CC2CCCCC2)cc1C(C)(C)C. The van der Waals surface area contributed by atoms with Gasteiger partial charge in [-0.3, -0.25) is 9.59 Å². The van der Waals surface area contributed by atoms with Crippen LogP contribution in [0.5, 0.6) is 0 Å². The minimum Gasteiger partial charge on any atom is -0.481 e. The van der Waals surface area contributed by atoms with E-state index in [1.54, 1.807) is 19.9 Å². The summed E-state index contributed by atoms with van der Waals surface area (Å²) in [4.78, 5) is 30.5. The molecule has 0 aliphatic heterocycles. The van der Waals surface area contributed by atoms with E-state index in [9.17, 15) is 23.1 Å². The zero-order chi connectivity index (χ0) is 30.8. The highest BCUT2D eigenvalue weighted by Gasteiger charge is 2.31. The van der Waals surface area contributed by atoms with E-state index in [1.807, 2.05) is 53.7 Å². The molecule has 1 aromatic heterocycles. The van der Waals surface area contributed by atoms with Crippen molar-refractivity contribution in [1.82, 2.24) is 15.0 Å². The van der Waals surface area contributed by atoms with Crippen molar-refractivity contribution in [2.45, 2.75) is 116 Å². The molecule has 8 nitrogen and oxygen atoms in total. The summed E-state index contributed by atoms with van der Waals surface area (Å²) in [6, 6.07) is 5.43. The summed E-state index contributed by atoms with van der Waals surface area (Å²) >= 11 is 1.31. The molecule has 0 saturated heterocycles. The summed E-state index contributed by atoms with van der Waals surface area (Å²) in [6.07, 6.45) is 6.96. The second-order valence-electron chi connectivity index (χ2n) is 14.0. The number of carboxylic acid groups (broad SMARTS) is 1.